The van der Waals surface area contributed by atoms with Crippen LogP contribution in [0.3, 0.4) is 0 Å². The van der Waals surface area contributed by atoms with Crippen LogP contribution >= 0.6 is 0 Å². The Morgan fingerprint density at radius 2 is 1.96 bits per heavy atom. The lowest BCUT2D eigenvalue weighted by Gasteiger charge is -2.15. The zero-order valence-electron chi connectivity index (χ0n) is 12.7. The van der Waals surface area contributed by atoms with Crippen molar-refractivity contribution in [1.29, 1.82) is 0 Å². The van der Waals surface area contributed by atoms with E-state index >= 15 is 0 Å². The average Bonchev–Trinajstić information content (AvgIpc) is 2.53. The molecule has 4 nitrogen and oxygen atoms in total. The number of benzene rings is 2. The molecule has 0 N–H and O–H groups in total. The van der Waals surface area contributed by atoms with Crippen molar-refractivity contribution in [1.82, 2.24) is 0 Å². The molecule has 0 saturated heterocycles. The van der Waals surface area contributed by atoms with Crippen molar-refractivity contribution in [2.45, 2.75) is 13.3 Å². The first kappa shape index (κ1) is 15.0. The highest BCUT2D eigenvalue weighted by Gasteiger charge is 2.19. The van der Waals surface area contributed by atoms with E-state index in [9.17, 15) is 9.59 Å². The molecule has 0 aliphatic carbocycles. The molecule has 1 heterocycles. The number of hydrogen-bond donors (Lipinski definition) is 0. The number of allylic oxidation sites excluding steroid dienone is 3. The van der Waals surface area contributed by atoms with Crippen LogP contribution < -0.4 is 9.47 Å². The van der Waals surface area contributed by atoms with Crippen LogP contribution in [0, 0.1) is 0 Å². The molecule has 0 atom stereocenters. The van der Waals surface area contributed by atoms with E-state index in [1.807, 2.05) is 30.4 Å². The summed E-state index contributed by atoms with van der Waals surface area (Å²) in [6.45, 7) is 1.71. The minimum atomic E-state index is -0.425. The molecule has 2 aromatic carbocycles. The number of rotatable bonds is 1. The van der Waals surface area contributed by atoms with Gasteiger partial charge in [-0.2, -0.15) is 0 Å². The minimum Gasteiger partial charge on any atom is -0.489 e. The number of hydrogen-bond acceptors (Lipinski definition) is 4. The quantitative estimate of drug-likeness (QED) is 0.593. The van der Waals surface area contributed by atoms with Gasteiger partial charge >= 0.3 is 5.97 Å². The third-order valence-corrected chi connectivity index (χ3v) is 3.52. The van der Waals surface area contributed by atoms with Crippen LogP contribution in [0.15, 0.2) is 54.6 Å². The van der Waals surface area contributed by atoms with Gasteiger partial charge in [-0.05, 0) is 23.6 Å². The first-order chi connectivity index (χ1) is 11.2. The van der Waals surface area contributed by atoms with E-state index in [0.29, 0.717) is 29.1 Å². The zero-order valence-corrected chi connectivity index (χ0v) is 12.7. The minimum absolute atomic E-state index is 0.0725. The Bertz CT molecular complexity index is 831. The van der Waals surface area contributed by atoms with E-state index in [2.05, 4.69) is 0 Å². The molecule has 116 valence electrons. The summed E-state index contributed by atoms with van der Waals surface area (Å²) in [6, 6.07) is 9.00. The van der Waals surface area contributed by atoms with Crippen LogP contribution in [0.5, 0.6) is 11.5 Å². The standard InChI is InChI=1S/C19H16O4/c1-13(20)23-17-9-6-7-14-10-11-16-19(18(14)17)15(21)8-4-2-3-5-12-22-16/h2-7,9-11H,8,12H2,1H3/b4-2-,5-3-. The van der Waals surface area contributed by atoms with Crippen LogP contribution in [0.25, 0.3) is 10.8 Å². The van der Waals surface area contributed by atoms with E-state index in [1.54, 1.807) is 24.3 Å². The number of carbonyl (C=O) groups excluding carboxylic acids is 2. The normalized spacial score (nSPS) is 17.0. The fraction of sp³-hybridized carbons (Fsp3) is 0.158. The number of carbonyl (C=O) groups is 2. The fourth-order valence-corrected chi connectivity index (χ4v) is 2.59. The van der Waals surface area contributed by atoms with Gasteiger partial charge in [0.05, 0.1) is 5.56 Å². The monoisotopic (exact) mass is 308 g/mol. The van der Waals surface area contributed by atoms with Gasteiger partial charge in [-0.1, -0.05) is 36.4 Å². The number of esters is 1. The van der Waals surface area contributed by atoms with Crippen molar-refractivity contribution in [3.05, 3.63) is 60.2 Å². The van der Waals surface area contributed by atoms with E-state index in [-0.39, 0.29) is 12.2 Å². The highest BCUT2D eigenvalue weighted by atomic mass is 16.5. The van der Waals surface area contributed by atoms with Crippen LogP contribution in [0.1, 0.15) is 23.7 Å². The summed E-state index contributed by atoms with van der Waals surface area (Å²) in [4.78, 5) is 24.1. The van der Waals surface area contributed by atoms with Gasteiger partial charge in [0.1, 0.15) is 18.1 Å². The summed E-state index contributed by atoms with van der Waals surface area (Å²) in [6.07, 6.45) is 7.61. The topological polar surface area (TPSA) is 52.6 Å². The molecule has 0 fully saturated rings. The number of Topliss-reactive ketones (excluding diaryl/α,β-unsaturated/α-hetero) is 1. The van der Waals surface area contributed by atoms with Crippen molar-refractivity contribution < 1.29 is 19.1 Å². The Labute approximate surface area is 134 Å². The summed E-state index contributed by atoms with van der Waals surface area (Å²) >= 11 is 0. The van der Waals surface area contributed by atoms with Crippen LogP contribution in [0.2, 0.25) is 0 Å². The first-order valence-electron chi connectivity index (χ1n) is 7.38. The van der Waals surface area contributed by atoms with Gasteiger partial charge in [0, 0.05) is 18.7 Å². The predicted molar refractivity (Wildman–Crippen MR) is 88.0 cm³/mol. The SMILES string of the molecule is CC(=O)Oc1cccc2ccc3c(c12)C(=O)C/C=C\C=C/CO3. The van der Waals surface area contributed by atoms with Gasteiger partial charge < -0.3 is 9.47 Å². The molecule has 0 spiro atoms. The molecule has 3 rings (SSSR count). The van der Waals surface area contributed by atoms with Gasteiger partial charge in [-0.15, -0.1) is 0 Å². The van der Waals surface area contributed by atoms with Crippen LogP contribution in [-0.4, -0.2) is 18.4 Å². The molecule has 0 amide bonds. The highest BCUT2D eigenvalue weighted by Crippen LogP contribution is 2.36. The number of ketones is 1. The second-order valence-electron chi connectivity index (χ2n) is 5.18. The summed E-state index contributed by atoms with van der Waals surface area (Å²) in [7, 11) is 0. The van der Waals surface area contributed by atoms with Crippen molar-refractivity contribution in [2.24, 2.45) is 0 Å². The Kier molecular flexibility index (Phi) is 4.24. The lowest BCUT2D eigenvalue weighted by Crippen LogP contribution is -2.08. The lowest BCUT2D eigenvalue weighted by molar-refractivity contribution is -0.131. The van der Waals surface area contributed by atoms with E-state index in [1.165, 1.54) is 6.92 Å². The number of fused-ring (bicyclic) bond motifs is 3. The van der Waals surface area contributed by atoms with Crippen molar-refractivity contribution >= 4 is 22.5 Å². The fourth-order valence-electron chi connectivity index (χ4n) is 2.59. The predicted octanol–water partition coefficient (Wildman–Crippen LogP) is 3.84. The molecule has 0 unspecified atom stereocenters. The Balaban J connectivity index is 2.25. The maximum Gasteiger partial charge on any atom is 0.308 e. The Morgan fingerprint density at radius 1 is 1.13 bits per heavy atom. The third kappa shape index (κ3) is 3.16. The van der Waals surface area contributed by atoms with Crippen LogP contribution in [0.4, 0.5) is 0 Å². The largest absolute Gasteiger partial charge is 0.489 e. The molecule has 0 radical (unpaired) electrons. The Hall–Kier alpha value is -2.88. The van der Waals surface area contributed by atoms with Crippen molar-refractivity contribution in [2.75, 3.05) is 6.61 Å². The van der Waals surface area contributed by atoms with Gasteiger partial charge in [0.2, 0.25) is 0 Å². The van der Waals surface area contributed by atoms with Gasteiger partial charge in [0.15, 0.2) is 5.78 Å². The molecule has 2 aromatic rings. The molecule has 23 heavy (non-hydrogen) atoms. The smallest absolute Gasteiger partial charge is 0.308 e. The summed E-state index contributed by atoms with van der Waals surface area (Å²) in [5, 5.41) is 1.44. The molecular weight excluding hydrogens is 292 g/mol. The molecule has 4 heteroatoms. The van der Waals surface area contributed by atoms with E-state index < -0.39 is 5.97 Å². The van der Waals surface area contributed by atoms with E-state index in [4.69, 9.17) is 9.47 Å². The summed E-state index contributed by atoms with van der Waals surface area (Å²) in [5.74, 6) is 0.380. The molecule has 1 aliphatic rings. The summed E-state index contributed by atoms with van der Waals surface area (Å²) in [5.41, 5.74) is 0.458. The van der Waals surface area contributed by atoms with Gasteiger partial charge in [-0.25, -0.2) is 0 Å². The van der Waals surface area contributed by atoms with Gasteiger partial charge in [0.25, 0.3) is 0 Å². The molecule has 0 aromatic heterocycles. The van der Waals surface area contributed by atoms with Crippen LogP contribution in [-0.2, 0) is 4.79 Å². The maximum absolute atomic E-state index is 12.7. The zero-order chi connectivity index (χ0) is 16.2. The Morgan fingerprint density at radius 3 is 2.78 bits per heavy atom. The average molecular weight is 308 g/mol. The molecule has 1 aliphatic heterocycles. The lowest BCUT2D eigenvalue weighted by atomic mass is 9.97. The first-order valence-corrected chi connectivity index (χ1v) is 7.38. The second-order valence-corrected chi connectivity index (χ2v) is 5.18. The molecular formula is C19H16O4. The second kappa shape index (κ2) is 6.48. The highest BCUT2D eigenvalue weighted by molar-refractivity contribution is 6.13. The van der Waals surface area contributed by atoms with E-state index in [0.717, 1.165) is 5.39 Å². The molecule has 0 bridgehead atoms. The number of ether oxygens (including phenoxy) is 2. The van der Waals surface area contributed by atoms with Crippen molar-refractivity contribution in [3.63, 3.8) is 0 Å². The maximum atomic E-state index is 12.7. The summed E-state index contributed by atoms with van der Waals surface area (Å²) < 4.78 is 11.0. The third-order valence-electron chi connectivity index (χ3n) is 3.52. The van der Waals surface area contributed by atoms with Crippen molar-refractivity contribution in [3.8, 4) is 11.5 Å². The molecule has 0 saturated carbocycles. The van der Waals surface area contributed by atoms with Gasteiger partial charge in [-0.3, -0.25) is 9.59 Å².